The van der Waals surface area contributed by atoms with Gasteiger partial charge in [-0.2, -0.15) is 0 Å². The molecule has 1 aliphatic carbocycles. The summed E-state index contributed by atoms with van der Waals surface area (Å²) in [6.45, 7) is 1.59. The predicted molar refractivity (Wildman–Crippen MR) is 88.4 cm³/mol. The lowest BCUT2D eigenvalue weighted by atomic mass is 10.1. The number of aliphatic hydroxyl groups is 1. The van der Waals surface area contributed by atoms with Gasteiger partial charge in [-0.15, -0.1) is 0 Å². The van der Waals surface area contributed by atoms with Crippen LogP contribution in [0.5, 0.6) is 5.75 Å². The number of ether oxygens (including phenoxy) is 1. The number of hydrogen-bond donors (Lipinski definition) is 2. The number of carbonyl (C=O) groups excluding carboxylic acids is 1. The van der Waals surface area contributed by atoms with Crippen LogP contribution in [-0.4, -0.2) is 54.3 Å². The summed E-state index contributed by atoms with van der Waals surface area (Å²) in [6, 6.07) is 5.03. The lowest BCUT2D eigenvalue weighted by Gasteiger charge is -2.29. The molecule has 5 nitrogen and oxygen atoms in total. The number of methoxy groups -OCH3 is 1. The Morgan fingerprint density at radius 3 is 2.92 bits per heavy atom. The molecule has 1 heterocycles. The largest absolute Gasteiger partial charge is 0.494 e. The highest BCUT2D eigenvalue weighted by atomic mass is 19.1. The van der Waals surface area contributed by atoms with Gasteiger partial charge >= 0.3 is 0 Å². The second-order valence-corrected chi connectivity index (χ2v) is 6.76. The maximum Gasteiger partial charge on any atom is 0.224 e. The summed E-state index contributed by atoms with van der Waals surface area (Å²) in [4.78, 5) is 14.6. The zero-order valence-electron chi connectivity index (χ0n) is 14.0. The van der Waals surface area contributed by atoms with Gasteiger partial charge < -0.3 is 15.2 Å². The second-order valence-electron chi connectivity index (χ2n) is 6.76. The Hall–Kier alpha value is -1.66. The molecule has 0 radical (unpaired) electrons. The number of nitrogens with zero attached hydrogens (tertiary/aromatic N) is 1. The van der Waals surface area contributed by atoms with Crippen LogP contribution in [-0.2, 0) is 11.2 Å². The number of likely N-dealkylation sites (tertiary alicyclic amines) is 1. The number of halogens is 1. The van der Waals surface area contributed by atoms with Crippen molar-refractivity contribution in [3.63, 3.8) is 0 Å². The maximum absolute atomic E-state index is 13.7. The van der Waals surface area contributed by atoms with Gasteiger partial charge in [0.1, 0.15) is 0 Å². The number of β-amino-alcohol motifs (C(OH)–C–C–N with tert-alkyl or cyclic N) is 1. The van der Waals surface area contributed by atoms with E-state index in [2.05, 4.69) is 10.2 Å². The number of hydrogen-bond acceptors (Lipinski definition) is 4. The molecule has 2 aliphatic rings. The quantitative estimate of drug-likeness (QED) is 0.855. The van der Waals surface area contributed by atoms with Crippen LogP contribution >= 0.6 is 0 Å². The maximum atomic E-state index is 13.7. The molecule has 3 atom stereocenters. The van der Waals surface area contributed by atoms with Crippen LogP contribution in [0.15, 0.2) is 18.2 Å². The Labute approximate surface area is 141 Å². The van der Waals surface area contributed by atoms with Gasteiger partial charge in [0.15, 0.2) is 11.6 Å². The molecule has 0 spiro atoms. The Kier molecular flexibility index (Phi) is 5.36. The molecule has 2 N–H and O–H groups in total. The number of benzene rings is 1. The van der Waals surface area contributed by atoms with Gasteiger partial charge in [-0.25, -0.2) is 4.39 Å². The third kappa shape index (κ3) is 3.87. The van der Waals surface area contributed by atoms with Crippen LogP contribution < -0.4 is 10.1 Å². The molecule has 1 amide bonds. The van der Waals surface area contributed by atoms with Crippen molar-refractivity contribution in [3.05, 3.63) is 29.6 Å². The zero-order valence-corrected chi connectivity index (χ0v) is 14.0. The minimum Gasteiger partial charge on any atom is -0.494 e. The molecule has 1 saturated heterocycles. The van der Waals surface area contributed by atoms with Crippen molar-refractivity contribution in [2.24, 2.45) is 0 Å². The van der Waals surface area contributed by atoms with Crippen molar-refractivity contribution < 1.29 is 19.0 Å². The highest BCUT2D eigenvalue weighted by molar-refractivity contribution is 5.79. The zero-order chi connectivity index (χ0) is 17.1. The van der Waals surface area contributed by atoms with Crippen LogP contribution in [0.2, 0.25) is 0 Å². The lowest BCUT2D eigenvalue weighted by molar-refractivity contribution is -0.121. The summed E-state index contributed by atoms with van der Waals surface area (Å²) in [5.41, 5.74) is 0.636. The van der Waals surface area contributed by atoms with E-state index in [1.807, 2.05) is 0 Å². The molecule has 132 valence electrons. The molecule has 1 unspecified atom stereocenters. The average molecular weight is 336 g/mol. The minimum absolute atomic E-state index is 0.0868. The Bertz CT molecular complexity index is 596. The van der Waals surface area contributed by atoms with Gasteiger partial charge in [0, 0.05) is 25.2 Å². The fraction of sp³-hybridized carbons (Fsp3) is 0.611. The van der Waals surface area contributed by atoms with Crippen LogP contribution in [0.25, 0.3) is 0 Å². The van der Waals surface area contributed by atoms with E-state index < -0.39 is 5.82 Å². The summed E-state index contributed by atoms with van der Waals surface area (Å²) in [5.74, 6) is -0.355. The van der Waals surface area contributed by atoms with Gasteiger partial charge in [-0.3, -0.25) is 9.69 Å². The SMILES string of the molecule is COc1ccc(CC(=O)N[C@@H]2CCC[C@@H]2N2CCC(O)C2)cc1F. The number of amides is 1. The van der Waals surface area contributed by atoms with E-state index in [4.69, 9.17) is 4.74 Å². The Morgan fingerprint density at radius 1 is 1.42 bits per heavy atom. The number of rotatable bonds is 5. The third-order valence-corrected chi connectivity index (χ3v) is 5.07. The predicted octanol–water partition coefficient (Wildman–Crippen LogP) is 1.48. The highest BCUT2D eigenvalue weighted by Crippen LogP contribution is 2.27. The lowest BCUT2D eigenvalue weighted by Crippen LogP contribution is -2.48. The fourth-order valence-corrected chi connectivity index (χ4v) is 3.88. The van der Waals surface area contributed by atoms with Gasteiger partial charge in [0.05, 0.1) is 19.6 Å². The van der Waals surface area contributed by atoms with Crippen molar-refractivity contribution in [2.75, 3.05) is 20.2 Å². The Balaban J connectivity index is 1.57. The molecule has 1 aliphatic heterocycles. The van der Waals surface area contributed by atoms with E-state index in [1.54, 1.807) is 12.1 Å². The summed E-state index contributed by atoms with van der Waals surface area (Å²) >= 11 is 0. The van der Waals surface area contributed by atoms with Crippen LogP contribution in [0, 0.1) is 5.82 Å². The van der Waals surface area contributed by atoms with Crippen LogP contribution in [0.1, 0.15) is 31.2 Å². The van der Waals surface area contributed by atoms with E-state index in [0.29, 0.717) is 18.2 Å². The first-order valence-corrected chi connectivity index (χ1v) is 8.60. The fourth-order valence-electron chi connectivity index (χ4n) is 3.88. The number of aliphatic hydroxyl groups excluding tert-OH is 1. The summed E-state index contributed by atoms with van der Waals surface area (Å²) < 4.78 is 18.6. The summed E-state index contributed by atoms with van der Waals surface area (Å²) in [6.07, 6.45) is 3.81. The summed E-state index contributed by atoms with van der Waals surface area (Å²) in [7, 11) is 1.42. The van der Waals surface area contributed by atoms with Crippen molar-refractivity contribution in [1.82, 2.24) is 10.2 Å². The van der Waals surface area contributed by atoms with Crippen LogP contribution in [0.4, 0.5) is 4.39 Å². The minimum atomic E-state index is -0.451. The average Bonchev–Trinajstić information content (AvgIpc) is 3.16. The van der Waals surface area contributed by atoms with Gasteiger partial charge in [0.2, 0.25) is 5.91 Å². The normalized spacial score (nSPS) is 27.4. The molecular formula is C18H25FN2O3. The molecule has 3 rings (SSSR count). The van der Waals surface area contributed by atoms with Gasteiger partial charge in [-0.1, -0.05) is 6.07 Å². The monoisotopic (exact) mass is 336 g/mol. The molecule has 24 heavy (non-hydrogen) atoms. The van der Waals surface area contributed by atoms with Crippen molar-refractivity contribution in [1.29, 1.82) is 0 Å². The molecule has 6 heteroatoms. The van der Waals surface area contributed by atoms with Crippen molar-refractivity contribution >= 4 is 5.91 Å². The van der Waals surface area contributed by atoms with E-state index in [0.717, 1.165) is 32.2 Å². The van der Waals surface area contributed by atoms with E-state index in [-0.39, 0.29) is 30.2 Å². The third-order valence-electron chi connectivity index (χ3n) is 5.07. The van der Waals surface area contributed by atoms with Crippen molar-refractivity contribution in [2.45, 2.75) is 50.3 Å². The molecule has 1 aromatic carbocycles. The van der Waals surface area contributed by atoms with Gasteiger partial charge in [-0.05, 0) is 43.4 Å². The Morgan fingerprint density at radius 2 is 2.25 bits per heavy atom. The molecular weight excluding hydrogens is 311 g/mol. The first-order valence-electron chi connectivity index (χ1n) is 8.60. The topological polar surface area (TPSA) is 61.8 Å². The van der Waals surface area contributed by atoms with E-state index in [9.17, 15) is 14.3 Å². The van der Waals surface area contributed by atoms with Crippen molar-refractivity contribution in [3.8, 4) is 5.75 Å². The molecule has 1 saturated carbocycles. The molecule has 0 bridgehead atoms. The first-order chi connectivity index (χ1) is 11.6. The van der Waals surface area contributed by atoms with E-state index >= 15 is 0 Å². The number of carbonyl (C=O) groups is 1. The molecule has 1 aromatic rings. The first kappa shape index (κ1) is 17.2. The molecule has 0 aromatic heterocycles. The smallest absolute Gasteiger partial charge is 0.224 e. The summed E-state index contributed by atoms with van der Waals surface area (Å²) in [5, 5.41) is 12.8. The standard InChI is InChI=1S/C18H25FN2O3/c1-24-17-6-5-12(9-14(17)19)10-18(23)20-15-3-2-4-16(15)21-8-7-13(22)11-21/h5-6,9,13,15-16,22H,2-4,7-8,10-11H2,1H3,(H,20,23)/t13?,15-,16+/m1/s1. The molecule has 2 fully saturated rings. The van der Waals surface area contributed by atoms with Gasteiger partial charge in [0.25, 0.3) is 0 Å². The van der Waals surface area contributed by atoms with Crippen LogP contribution in [0.3, 0.4) is 0 Å². The van der Waals surface area contributed by atoms with E-state index in [1.165, 1.54) is 13.2 Å². The highest BCUT2D eigenvalue weighted by Gasteiger charge is 2.36. The second kappa shape index (κ2) is 7.49. The number of nitrogens with one attached hydrogen (secondary N) is 1.